The van der Waals surface area contributed by atoms with Crippen molar-refractivity contribution in [3.8, 4) is 0 Å². The Balaban J connectivity index is 2.15. The van der Waals surface area contributed by atoms with Gasteiger partial charge in [-0.2, -0.15) is 13.2 Å². The first kappa shape index (κ1) is 23.2. The minimum absolute atomic E-state index is 0.0603. The lowest BCUT2D eigenvalue weighted by molar-refractivity contribution is -0.173. The van der Waals surface area contributed by atoms with Crippen molar-refractivity contribution in [1.82, 2.24) is 15.5 Å². The molecule has 0 aromatic heterocycles. The van der Waals surface area contributed by atoms with E-state index in [1.807, 2.05) is 18.2 Å². The highest BCUT2D eigenvalue weighted by molar-refractivity contribution is 5.79. The Kier molecular flexibility index (Phi) is 10.8. The van der Waals surface area contributed by atoms with Crippen molar-refractivity contribution in [2.24, 2.45) is 4.99 Å². The Bertz CT molecular complexity index is 538. The predicted octanol–water partition coefficient (Wildman–Crippen LogP) is 3.03. The van der Waals surface area contributed by atoms with Crippen LogP contribution in [0.5, 0.6) is 0 Å². The van der Waals surface area contributed by atoms with Crippen molar-refractivity contribution in [1.29, 1.82) is 0 Å². The third kappa shape index (κ3) is 11.5. The van der Waals surface area contributed by atoms with Crippen molar-refractivity contribution in [2.45, 2.75) is 38.5 Å². The van der Waals surface area contributed by atoms with E-state index in [1.165, 1.54) is 5.56 Å². The standard InChI is InChI=1S/C19H31F3N4O/c1-16(26(3)14-17-8-5-4-6-9-17)10-12-25-18(23-2)24-11-7-13-27-15-19(20,21)22/h4-6,8-9,16H,7,10-15H2,1-3H3,(H2,23,24,25). The number of ether oxygens (including phenoxy) is 1. The third-order valence-corrected chi connectivity index (χ3v) is 4.13. The van der Waals surface area contributed by atoms with Gasteiger partial charge in [-0.1, -0.05) is 30.3 Å². The Morgan fingerprint density at radius 1 is 1.19 bits per heavy atom. The van der Waals surface area contributed by atoms with E-state index in [1.54, 1.807) is 7.05 Å². The average molecular weight is 388 g/mol. The van der Waals surface area contributed by atoms with Crippen LogP contribution in [0, 0.1) is 0 Å². The Morgan fingerprint density at radius 2 is 1.85 bits per heavy atom. The van der Waals surface area contributed by atoms with E-state index in [9.17, 15) is 13.2 Å². The number of halogens is 3. The van der Waals surface area contributed by atoms with E-state index in [-0.39, 0.29) is 6.61 Å². The number of aliphatic imine (C=N–C) groups is 1. The van der Waals surface area contributed by atoms with Gasteiger partial charge in [-0.05, 0) is 32.4 Å². The molecule has 27 heavy (non-hydrogen) atoms. The molecule has 0 aliphatic carbocycles. The zero-order valence-electron chi connectivity index (χ0n) is 16.4. The lowest BCUT2D eigenvalue weighted by Crippen LogP contribution is -2.40. The predicted molar refractivity (Wildman–Crippen MR) is 103 cm³/mol. The van der Waals surface area contributed by atoms with E-state index < -0.39 is 12.8 Å². The molecule has 0 bridgehead atoms. The quantitative estimate of drug-likeness (QED) is 0.348. The van der Waals surface area contributed by atoms with Crippen molar-refractivity contribution in [3.63, 3.8) is 0 Å². The molecule has 0 heterocycles. The van der Waals surface area contributed by atoms with Gasteiger partial charge >= 0.3 is 6.18 Å². The summed E-state index contributed by atoms with van der Waals surface area (Å²) in [5.74, 6) is 0.642. The van der Waals surface area contributed by atoms with Gasteiger partial charge in [0, 0.05) is 39.3 Å². The number of hydrogen-bond donors (Lipinski definition) is 2. The average Bonchev–Trinajstić information content (AvgIpc) is 2.62. The molecule has 2 N–H and O–H groups in total. The van der Waals surface area contributed by atoms with Gasteiger partial charge in [-0.15, -0.1) is 0 Å². The van der Waals surface area contributed by atoms with Crippen LogP contribution in [0.2, 0.25) is 0 Å². The van der Waals surface area contributed by atoms with Gasteiger partial charge in [-0.25, -0.2) is 0 Å². The van der Waals surface area contributed by atoms with Crippen molar-refractivity contribution in [2.75, 3.05) is 40.4 Å². The van der Waals surface area contributed by atoms with Crippen molar-refractivity contribution in [3.05, 3.63) is 35.9 Å². The second kappa shape index (κ2) is 12.6. The second-order valence-electron chi connectivity index (χ2n) is 6.49. The third-order valence-electron chi connectivity index (χ3n) is 4.13. The summed E-state index contributed by atoms with van der Waals surface area (Å²) in [5.41, 5.74) is 1.28. The van der Waals surface area contributed by atoms with E-state index in [2.05, 4.69) is 51.4 Å². The zero-order chi connectivity index (χ0) is 20.1. The highest BCUT2D eigenvalue weighted by atomic mass is 19.4. The molecular formula is C19H31F3N4O. The number of hydrogen-bond acceptors (Lipinski definition) is 3. The SMILES string of the molecule is CN=C(NCCCOCC(F)(F)F)NCCC(C)N(C)Cc1ccccc1. The van der Waals surface area contributed by atoms with E-state index in [0.29, 0.717) is 25.0 Å². The molecule has 0 saturated heterocycles. The molecule has 1 atom stereocenters. The summed E-state index contributed by atoms with van der Waals surface area (Å²) >= 11 is 0. The van der Waals surface area contributed by atoms with Crippen LogP contribution in [0.4, 0.5) is 13.2 Å². The van der Waals surface area contributed by atoms with Crippen LogP contribution >= 0.6 is 0 Å². The number of alkyl halides is 3. The topological polar surface area (TPSA) is 48.9 Å². The molecule has 1 unspecified atom stereocenters. The molecule has 1 aromatic rings. The summed E-state index contributed by atoms with van der Waals surface area (Å²) < 4.78 is 40.4. The highest BCUT2D eigenvalue weighted by Crippen LogP contribution is 2.14. The van der Waals surface area contributed by atoms with Crippen molar-refractivity contribution >= 4 is 5.96 Å². The smallest absolute Gasteiger partial charge is 0.372 e. The first-order chi connectivity index (χ1) is 12.8. The number of benzene rings is 1. The summed E-state index contributed by atoms with van der Waals surface area (Å²) in [6.07, 6.45) is -2.85. The summed E-state index contributed by atoms with van der Waals surface area (Å²) in [4.78, 5) is 6.41. The number of nitrogens with one attached hydrogen (secondary N) is 2. The molecule has 5 nitrogen and oxygen atoms in total. The van der Waals surface area contributed by atoms with E-state index in [0.717, 1.165) is 19.5 Å². The summed E-state index contributed by atoms with van der Waals surface area (Å²) in [7, 11) is 3.77. The van der Waals surface area contributed by atoms with Crippen LogP contribution in [0.3, 0.4) is 0 Å². The monoisotopic (exact) mass is 388 g/mol. The fraction of sp³-hybridized carbons (Fsp3) is 0.632. The maximum Gasteiger partial charge on any atom is 0.411 e. The molecule has 1 aromatic carbocycles. The minimum atomic E-state index is -4.27. The van der Waals surface area contributed by atoms with Crippen molar-refractivity contribution < 1.29 is 17.9 Å². The Labute approximate surface area is 160 Å². The molecule has 154 valence electrons. The van der Waals surface area contributed by atoms with Crippen LogP contribution in [0.1, 0.15) is 25.3 Å². The van der Waals surface area contributed by atoms with Gasteiger partial charge in [0.2, 0.25) is 0 Å². The Morgan fingerprint density at radius 3 is 2.48 bits per heavy atom. The molecule has 0 aliphatic rings. The largest absolute Gasteiger partial charge is 0.411 e. The van der Waals surface area contributed by atoms with Crippen LogP contribution in [-0.2, 0) is 11.3 Å². The fourth-order valence-corrected chi connectivity index (χ4v) is 2.44. The summed E-state index contributed by atoms with van der Waals surface area (Å²) in [5, 5.41) is 6.30. The Hall–Kier alpha value is -1.80. The first-order valence-corrected chi connectivity index (χ1v) is 9.15. The van der Waals surface area contributed by atoms with Gasteiger partial charge in [0.1, 0.15) is 6.61 Å². The maximum absolute atomic E-state index is 12.0. The molecule has 0 amide bonds. The maximum atomic E-state index is 12.0. The number of rotatable bonds is 11. The van der Waals surface area contributed by atoms with Gasteiger partial charge in [-0.3, -0.25) is 9.89 Å². The molecule has 0 radical (unpaired) electrons. The first-order valence-electron chi connectivity index (χ1n) is 9.15. The molecule has 0 aliphatic heterocycles. The van der Waals surface area contributed by atoms with Crippen LogP contribution in [0.15, 0.2) is 35.3 Å². The van der Waals surface area contributed by atoms with Gasteiger partial charge in [0.15, 0.2) is 5.96 Å². The zero-order valence-corrected chi connectivity index (χ0v) is 16.4. The van der Waals surface area contributed by atoms with Crippen LogP contribution in [0.25, 0.3) is 0 Å². The normalized spacial score (nSPS) is 13.7. The molecule has 0 fully saturated rings. The molecule has 1 rings (SSSR count). The minimum Gasteiger partial charge on any atom is -0.372 e. The number of nitrogens with zero attached hydrogens (tertiary/aromatic N) is 2. The molecule has 0 saturated carbocycles. The highest BCUT2D eigenvalue weighted by Gasteiger charge is 2.27. The molecule has 0 spiro atoms. The second-order valence-corrected chi connectivity index (χ2v) is 6.49. The number of guanidine groups is 1. The van der Waals surface area contributed by atoms with Crippen LogP contribution < -0.4 is 10.6 Å². The van der Waals surface area contributed by atoms with E-state index in [4.69, 9.17) is 0 Å². The fourth-order valence-electron chi connectivity index (χ4n) is 2.44. The molecule has 8 heteroatoms. The lowest BCUT2D eigenvalue weighted by atomic mass is 10.1. The molecular weight excluding hydrogens is 357 g/mol. The van der Waals surface area contributed by atoms with Gasteiger partial charge < -0.3 is 15.4 Å². The van der Waals surface area contributed by atoms with E-state index >= 15 is 0 Å². The lowest BCUT2D eigenvalue weighted by Gasteiger charge is -2.25. The summed E-state index contributed by atoms with van der Waals surface area (Å²) in [6, 6.07) is 10.7. The van der Waals surface area contributed by atoms with Gasteiger partial charge in [0.25, 0.3) is 0 Å². The van der Waals surface area contributed by atoms with Gasteiger partial charge in [0.05, 0.1) is 0 Å². The summed E-state index contributed by atoms with van der Waals surface area (Å²) in [6.45, 7) is 3.19. The van der Waals surface area contributed by atoms with Crippen LogP contribution in [-0.4, -0.2) is 63.5 Å².